The predicted octanol–water partition coefficient (Wildman–Crippen LogP) is 5.37. The van der Waals surface area contributed by atoms with Gasteiger partial charge in [-0.15, -0.1) is 0 Å². The highest BCUT2D eigenvalue weighted by Gasteiger charge is 2.50. The molecule has 0 bridgehead atoms. The highest BCUT2D eigenvalue weighted by Crippen LogP contribution is 2.59. The van der Waals surface area contributed by atoms with Gasteiger partial charge in [0.15, 0.2) is 9.84 Å². The summed E-state index contributed by atoms with van der Waals surface area (Å²) >= 11 is 0. The van der Waals surface area contributed by atoms with Crippen LogP contribution in [-0.4, -0.2) is 41.3 Å². The van der Waals surface area contributed by atoms with Crippen LogP contribution >= 0.6 is 0 Å². The molecule has 3 saturated carbocycles. The fourth-order valence-electron chi connectivity index (χ4n) is 6.53. The van der Waals surface area contributed by atoms with E-state index in [1.165, 1.54) is 18.4 Å². The summed E-state index contributed by atoms with van der Waals surface area (Å²) in [6, 6.07) is 0. The standard InChI is InChI=1S/C27H44O4S/c1-18(13-15-32(30,31)26(3,4)5)23-11-12-24-20(8-7-14-27(23,24)6)9-10-21-16-22(28)17-25(29)19(21)2/h9-10,18,22-25,28-29H,2,7-8,11-17H2,1,3-6H3/t18-,22-,23-,24+,25+,27-/m1/s1. The first kappa shape index (κ1) is 25.7. The van der Waals surface area contributed by atoms with E-state index in [1.54, 1.807) is 20.8 Å². The Morgan fingerprint density at radius 1 is 1.22 bits per heavy atom. The molecule has 32 heavy (non-hydrogen) atoms. The van der Waals surface area contributed by atoms with Gasteiger partial charge in [0.2, 0.25) is 0 Å². The molecular weight excluding hydrogens is 420 g/mol. The Morgan fingerprint density at radius 2 is 1.91 bits per heavy atom. The molecule has 3 aliphatic carbocycles. The van der Waals surface area contributed by atoms with Crippen molar-refractivity contribution < 1.29 is 18.6 Å². The number of allylic oxidation sites excluding steroid dienone is 3. The Bertz CT molecular complexity index is 876. The van der Waals surface area contributed by atoms with E-state index in [-0.39, 0.29) is 11.2 Å². The molecule has 0 radical (unpaired) electrons. The zero-order valence-electron chi connectivity index (χ0n) is 20.7. The Kier molecular flexibility index (Phi) is 7.54. The SMILES string of the molecule is C=C1C(=CC=C2CCC[C@]3(C)[C@@H]([C@H](C)CCS(=O)(=O)C(C)(C)C)CC[C@@H]23)C[C@@H](O)C[C@@H]1O. The van der Waals surface area contributed by atoms with Crippen LogP contribution in [0.25, 0.3) is 0 Å². The third-order valence-corrected chi connectivity index (χ3v) is 11.4. The quantitative estimate of drug-likeness (QED) is 0.574. The third kappa shape index (κ3) is 5.10. The van der Waals surface area contributed by atoms with E-state index >= 15 is 0 Å². The molecule has 3 fully saturated rings. The first-order valence-corrected chi connectivity index (χ1v) is 14.1. The molecule has 2 N–H and O–H groups in total. The summed E-state index contributed by atoms with van der Waals surface area (Å²) in [5.74, 6) is 1.75. The minimum Gasteiger partial charge on any atom is -0.393 e. The van der Waals surface area contributed by atoms with Crippen LogP contribution in [0.2, 0.25) is 0 Å². The van der Waals surface area contributed by atoms with E-state index in [1.807, 2.05) is 0 Å². The summed E-state index contributed by atoms with van der Waals surface area (Å²) in [7, 11) is -3.09. The first-order chi connectivity index (χ1) is 14.8. The predicted molar refractivity (Wildman–Crippen MR) is 132 cm³/mol. The monoisotopic (exact) mass is 464 g/mol. The van der Waals surface area contributed by atoms with Crippen LogP contribution in [0.3, 0.4) is 0 Å². The number of aliphatic hydroxyl groups is 2. The largest absolute Gasteiger partial charge is 0.393 e. The molecule has 0 saturated heterocycles. The summed E-state index contributed by atoms with van der Waals surface area (Å²) in [4.78, 5) is 0. The second kappa shape index (κ2) is 9.38. The topological polar surface area (TPSA) is 74.6 Å². The molecule has 0 aromatic heterocycles. The smallest absolute Gasteiger partial charge is 0.155 e. The molecule has 4 nitrogen and oxygen atoms in total. The number of hydrogen-bond acceptors (Lipinski definition) is 4. The third-order valence-electron chi connectivity index (χ3n) is 8.76. The maximum atomic E-state index is 12.6. The van der Waals surface area contributed by atoms with E-state index in [0.717, 1.165) is 36.8 Å². The van der Waals surface area contributed by atoms with Crippen molar-refractivity contribution in [3.8, 4) is 0 Å². The zero-order chi connectivity index (χ0) is 23.9. The lowest BCUT2D eigenvalue weighted by Crippen LogP contribution is -2.37. The van der Waals surface area contributed by atoms with Gasteiger partial charge in [0.25, 0.3) is 0 Å². The maximum absolute atomic E-state index is 12.6. The van der Waals surface area contributed by atoms with Crippen LogP contribution in [0, 0.1) is 23.2 Å². The van der Waals surface area contributed by atoms with E-state index in [4.69, 9.17) is 0 Å². The van der Waals surface area contributed by atoms with Crippen LogP contribution in [0.4, 0.5) is 0 Å². The molecule has 3 aliphatic rings. The van der Waals surface area contributed by atoms with Crippen molar-refractivity contribution in [3.63, 3.8) is 0 Å². The maximum Gasteiger partial charge on any atom is 0.155 e. The lowest BCUT2D eigenvalue weighted by Gasteiger charge is -2.44. The second-order valence-electron chi connectivity index (χ2n) is 11.9. The van der Waals surface area contributed by atoms with E-state index in [2.05, 4.69) is 32.6 Å². The van der Waals surface area contributed by atoms with E-state index in [0.29, 0.717) is 30.6 Å². The van der Waals surface area contributed by atoms with Gasteiger partial charge >= 0.3 is 0 Å². The lowest BCUT2D eigenvalue weighted by molar-refractivity contribution is 0.0861. The van der Waals surface area contributed by atoms with Crippen molar-refractivity contribution in [2.75, 3.05) is 5.75 Å². The molecular formula is C27H44O4S. The summed E-state index contributed by atoms with van der Waals surface area (Å²) in [5.41, 5.74) is 3.40. The van der Waals surface area contributed by atoms with Crippen molar-refractivity contribution in [2.24, 2.45) is 23.2 Å². The lowest BCUT2D eigenvalue weighted by atomic mass is 9.61. The molecule has 6 atom stereocenters. The van der Waals surface area contributed by atoms with Gasteiger partial charge in [0, 0.05) is 6.42 Å². The van der Waals surface area contributed by atoms with Gasteiger partial charge < -0.3 is 10.2 Å². The van der Waals surface area contributed by atoms with Crippen LogP contribution in [-0.2, 0) is 9.84 Å². The van der Waals surface area contributed by atoms with Crippen molar-refractivity contribution >= 4 is 9.84 Å². The Hall–Kier alpha value is -0.910. The van der Waals surface area contributed by atoms with E-state index < -0.39 is 26.8 Å². The van der Waals surface area contributed by atoms with Crippen LogP contribution in [0.15, 0.2) is 35.5 Å². The molecule has 0 unspecified atom stereocenters. The minimum absolute atomic E-state index is 0.218. The normalized spacial score (nSPS) is 37.7. The highest BCUT2D eigenvalue weighted by molar-refractivity contribution is 7.92. The van der Waals surface area contributed by atoms with Crippen LogP contribution in [0.5, 0.6) is 0 Å². The van der Waals surface area contributed by atoms with Crippen LogP contribution < -0.4 is 0 Å². The number of hydrogen-bond donors (Lipinski definition) is 2. The molecule has 0 aromatic rings. The molecule has 0 heterocycles. The molecule has 0 amide bonds. The van der Waals surface area contributed by atoms with Crippen molar-refractivity contribution in [2.45, 2.75) is 103 Å². The van der Waals surface area contributed by atoms with Gasteiger partial charge in [-0.1, -0.05) is 38.2 Å². The highest BCUT2D eigenvalue weighted by atomic mass is 32.2. The Balaban J connectivity index is 1.74. The fraction of sp³-hybridized carbons (Fsp3) is 0.778. The number of sulfone groups is 1. The average molecular weight is 465 g/mol. The van der Waals surface area contributed by atoms with Gasteiger partial charge in [0.05, 0.1) is 22.7 Å². The second-order valence-corrected chi connectivity index (χ2v) is 14.7. The van der Waals surface area contributed by atoms with Crippen molar-refractivity contribution in [1.82, 2.24) is 0 Å². The van der Waals surface area contributed by atoms with Gasteiger partial charge in [-0.3, -0.25) is 0 Å². The fourth-order valence-corrected chi connectivity index (χ4v) is 7.82. The van der Waals surface area contributed by atoms with Gasteiger partial charge in [-0.2, -0.15) is 0 Å². The van der Waals surface area contributed by atoms with Crippen molar-refractivity contribution in [3.05, 3.63) is 35.5 Å². The van der Waals surface area contributed by atoms with E-state index in [9.17, 15) is 18.6 Å². The summed E-state index contributed by atoms with van der Waals surface area (Å²) in [6.45, 7) is 14.1. The Labute approximate surface area is 195 Å². The summed E-state index contributed by atoms with van der Waals surface area (Å²) in [6.07, 6.45) is 10.6. The van der Waals surface area contributed by atoms with Gasteiger partial charge in [0.1, 0.15) is 0 Å². The van der Waals surface area contributed by atoms with Crippen LogP contribution in [0.1, 0.15) is 86.0 Å². The number of aliphatic hydroxyl groups excluding tert-OH is 2. The molecule has 5 heteroatoms. The molecule has 0 aromatic carbocycles. The Morgan fingerprint density at radius 3 is 2.56 bits per heavy atom. The van der Waals surface area contributed by atoms with Crippen molar-refractivity contribution in [1.29, 1.82) is 0 Å². The molecule has 0 spiro atoms. The molecule has 0 aliphatic heterocycles. The molecule has 3 rings (SSSR count). The number of rotatable bonds is 5. The number of fused-ring (bicyclic) bond motifs is 1. The minimum atomic E-state index is -3.09. The molecule has 182 valence electrons. The summed E-state index contributed by atoms with van der Waals surface area (Å²) in [5, 5.41) is 20.2. The average Bonchev–Trinajstić information content (AvgIpc) is 3.04. The van der Waals surface area contributed by atoms with Gasteiger partial charge in [-0.05, 0) is 100 Å². The summed E-state index contributed by atoms with van der Waals surface area (Å²) < 4.78 is 24.6. The first-order valence-electron chi connectivity index (χ1n) is 12.4. The van der Waals surface area contributed by atoms with Gasteiger partial charge in [-0.25, -0.2) is 8.42 Å². The zero-order valence-corrected chi connectivity index (χ0v) is 21.5.